The van der Waals surface area contributed by atoms with Crippen LogP contribution in [0.3, 0.4) is 0 Å². The summed E-state index contributed by atoms with van der Waals surface area (Å²) < 4.78 is 7.63. The van der Waals surface area contributed by atoms with Gasteiger partial charge < -0.3 is 10.5 Å². The molecule has 0 spiro atoms. The Morgan fingerprint density at radius 3 is 2.70 bits per heavy atom. The van der Waals surface area contributed by atoms with Gasteiger partial charge in [-0.25, -0.2) is 0 Å². The fourth-order valence-corrected chi connectivity index (χ4v) is 1.97. The smallest absolute Gasteiger partial charge is 0.130 e. The summed E-state index contributed by atoms with van der Waals surface area (Å²) in [6, 6.07) is 7.90. The highest BCUT2D eigenvalue weighted by Gasteiger charge is 2.04. The summed E-state index contributed by atoms with van der Waals surface area (Å²) in [6.07, 6.45) is 0. The molecule has 0 fully saturated rings. The molecule has 20 heavy (non-hydrogen) atoms. The van der Waals surface area contributed by atoms with E-state index in [1.165, 1.54) is 0 Å². The van der Waals surface area contributed by atoms with Crippen molar-refractivity contribution in [1.82, 2.24) is 9.78 Å². The second kappa shape index (κ2) is 6.27. The van der Waals surface area contributed by atoms with Gasteiger partial charge in [0.2, 0.25) is 0 Å². The van der Waals surface area contributed by atoms with Gasteiger partial charge in [0.25, 0.3) is 0 Å². The van der Waals surface area contributed by atoms with Gasteiger partial charge in [0.05, 0.1) is 17.9 Å². The minimum absolute atomic E-state index is 0.373. The maximum atomic E-state index is 5.79. The van der Waals surface area contributed by atoms with Crippen molar-refractivity contribution in [3.05, 3.63) is 46.8 Å². The zero-order valence-corrected chi connectivity index (χ0v) is 12.1. The Morgan fingerprint density at radius 2 is 2.10 bits per heavy atom. The SMILES string of the molecule is Cc1cc(COc2ccc(C#CCN)c(C)c2)n(C)n1. The lowest BCUT2D eigenvalue weighted by atomic mass is 10.1. The van der Waals surface area contributed by atoms with Crippen LogP contribution in [0.1, 0.15) is 22.5 Å². The van der Waals surface area contributed by atoms with E-state index >= 15 is 0 Å². The molecule has 1 aromatic heterocycles. The van der Waals surface area contributed by atoms with E-state index in [0.717, 1.165) is 28.3 Å². The second-order valence-corrected chi connectivity index (χ2v) is 4.67. The Kier molecular flexibility index (Phi) is 4.44. The highest BCUT2D eigenvalue weighted by molar-refractivity contribution is 5.44. The summed E-state index contributed by atoms with van der Waals surface area (Å²) in [7, 11) is 1.92. The molecule has 2 N–H and O–H groups in total. The van der Waals surface area contributed by atoms with Gasteiger partial charge in [-0.3, -0.25) is 4.68 Å². The van der Waals surface area contributed by atoms with Crippen molar-refractivity contribution in [2.75, 3.05) is 6.54 Å². The molecule has 0 atom stereocenters. The number of benzene rings is 1. The average Bonchev–Trinajstić information content (AvgIpc) is 2.73. The van der Waals surface area contributed by atoms with Gasteiger partial charge in [-0.1, -0.05) is 11.8 Å². The fourth-order valence-electron chi connectivity index (χ4n) is 1.97. The maximum Gasteiger partial charge on any atom is 0.130 e. The Balaban J connectivity index is 2.07. The third-order valence-corrected chi connectivity index (χ3v) is 3.01. The Hall–Kier alpha value is -2.25. The van der Waals surface area contributed by atoms with E-state index in [1.807, 2.05) is 49.8 Å². The molecule has 0 aliphatic heterocycles. The fraction of sp³-hybridized carbons (Fsp3) is 0.312. The van der Waals surface area contributed by atoms with Crippen molar-refractivity contribution in [3.63, 3.8) is 0 Å². The van der Waals surface area contributed by atoms with Crippen molar-refractivity contribution >= 4 is 0 Å². The number of ether oxygens (including phenoxy) is 1. The zero-order valence-electron chi connectivity index (χ0n) is 12.1. The van der Waals surface area contributed by atoms with Crippen LogP contribution in [-0.4, -0.2) is 16.3 Å². The van der Waals surface area contributed by atoms with Crippen molar-refractivity contribution < 1.29 is 4.74 Å². The lowest BCUT2D eigenvalue weighted by Crippen LogP contribution is -2.03. The number of nitrogens with zero attached hydrogens (tertiary/aromatic N) is 2. The van der Waals surface area contributed by atoms with Crippen LogP contribution >= 0.6 is 0 Å². The Labute approximate surface area is 119 Å². The first-order valence-corrected chi connectivity index (χ1v) is 6.52. The van der Waals surface area contributed by atoms with Gasteiger partial charge in [-0.05, 0) is 43.7 Å². The van der Waals surface area contributed by atoms with Crippen LogP contribution in [0, 0.1) is 25.7 Å². The number of hydrogen-bond acceptors (Lipinski definition) is 3. The van der Waals surface area contributed by atoms with Crippen LogP contribution in [0.4, 0.5) is 0 Å². The van der Waals surface area contributed by atoms with Crippen LogP contribution in [-0.2, 0) is 13.7 Å². The van der Waals surface area contributed by atoms with Crippen LogP contribution < -0.4 is 10.5 Å². The van der Waals surface area contributed by atoms with E-state index in [-0.39, 0.29) is 0 Å². The van der Waals surface area contributed by atoms with Crippen LogP contribution in [0.2, 0.25) is 0 Å². The first-order valence-electron chi connectivity index (χ1n) is 6.52. The molecular formula is C16H19N3O. The molecule has 0 aliphatic carbocycles. The summed E-state index contributed by atoms with van der Waals surface area (Å²) >= 11 is 0. The average molecular weight is 269 g/mol. The van der Waals surface area contributed by atoms with Gasteiger partial charge in [0.15, 0.2) is 0 Å². The molecule has 104 valence electrons. The molecule has 0 aliphatic rings. The molecule has 0 radical (unpaired) electrons. The predicted molar refractivity (Wildman–Crippen MR) is 79.4 cm³/mol. The van der Waals surface area contributed by atoms with E-state index in [9.17, 15) is 0 Å². The highest BCUT2D eigenvalue weighted by atomic mass is 16.5. The minimum atomic E-state index is 0.373. The van der Waals surface area contributed by atoms with Gasteiger partial charge in [-0.2, -0.15) is 5.10 Å². The monoisotopic (exact) mass is 269 g/mol. The van der Waals surface area contributed by atoms with Crippen molar-refractivity contribution in [2.24, 2.45) is 12.8 Å². The number of rotatable bonds is 3. The molecule has 0 unspecified atom stereocenters. The summed E-state index contributed by atoms with van der Waals surface area (Å²) in [5.41, 5.74) is 9.49. The normalized spacial score (nSPS) is 10.0. The second-order valence-electron chi connectivity index (χ2n) is 4.67. The third-order valence-electron chi connectivity index (χ3n) is 3.01. The maximum absolute atomic E-state index is 5.79. The van der Waals surface area contributed by atoms with Crippen molar-refractivity contribution in [2.45, 2.75) is 20.5 Å². The molecule has 2 aromatic rings. The molecule has 4 heteroatoms. The largest absolute Gasteiger partial charge is 0.487 e. The molecule has 1 heterocycles. The molecule has 1 aromatic carbocycles. The van der Waals surface area contributed by atoms with E-state index in [0.29, 0.717) is 13.2 Å². The standard InChI is InChI=1S/C16H19N3O/c1-12-9-16(7-6-14(12)5-4-8-17)20-11-15-10-13(2)18-19(15)3/h6-7,9-10H,8,11,17H2,1-3H3. The number of aromatic nitrogens is 2. The third kappa shape index (κ3) is 3.40. The molecule has 4 nitrogen and oxygen atoms in total. The molecular weight excluding hydrogens is 250 g/mol. The topological polar surface area (TPSA) is 53.1 Å². The van der Waals surface area contributed by atoms with Gasteiger partial charge in [0, 0.05) is 12.6 Å². The number of hydrogen-bond donors (Lipinski definition) is 1. The van der Waals surface area contributed by atoms with Gasteiger partial charge in [-0.15, -0.1) is 0 Å². The number of nitrogens with two attached hydrogens (primary N) is 1. The molecule has 2 rings (SSSR count). The van der Waals surface area contributed by atoms with Gasteiger partial charge >= 0.3 is 0 Å². The predicted octanol–water partition coefficient (Wildman–Crippen LogP) is 1.93. The van der Waals surface area contributed by atoms with E-state index in [4.69, 9.17) is 10.5 Å². The summed E-state index contributed by atoms with van der Waals surface area (Å²) in [5.74, 6) is 6.73. The summed E-state index contributed by atoms with van der Waals surface area (Å²) in [4.78, 5) is 0. The highest BCUT2D eigenvalue weighted by Crippen LogP contribution is 2.18. The Morgan fingerprint density at radius 1 is 1.30 bits per heavy atom. The van der Waals surface area contributed by atoms with E-state index in [1.54, 1.807) is 0 Å². The zero-order chi connectivity index (χ0) is 14.5. The molecule has 0 bridgehead atoms. The Bertz CT molecular complexity index is 662. The van der Waals surface area contributed by atoms with Crippen molar-refractivity contribution in [3.8, 4) is 17.6 Å². The minimum Gasteiger partial charge on any atom is -0.487 e. The first kappa shape index (κ1) is 14.2. The number of aryl methyl sites for hydroxylation is 3. The summed E-state index contributed by atoms with van der Waals surface area (Å²) in [6.45, 7) is 4.86. The van der Waals surface area contributed by atoms with Crippen LogP contribution in [0.15, 0.2) is 24.3 Å². The lowest BCUT2D eigenvalue weighted by Gasteiger charge is -2.08. The van der Waals surface area contributed by atoms with Crippen LogP contribution in [0.25, 0.3) is 0 Å². The van der Waals surface area contributed by atoms with Gasteiger partial charge in [0.1, 0.15) is 12.4 Å². The van der Waals surface area contributed by atoms with Crippen LogP contribution in [0.5, 0.6) is 5.75 Å². The van der Waals surface area contributed by atoms with E-state index < -0.39 is 0 Å². The summed E-state index contributed by atoms with van der Waals surface area (Å²) in [5, 5.41) is 4.30. The first-order chi connectivity index (χ1) is 9.60. The molecule has 0 amide bonds. The molecule has 0 saturated carbocycles. The van der Waals surface area contributed by atoms with Crippen molar-refractivity contribution in [1.29, 1.82) is 0 Å². The lowest BCUT2D eigenvalue weighted by molar-refractivity contribution is 0.294. The quantitative estimate of drug-likeness (QED) is 0.866. The van der Waals surface area contributed by atoms with E-state index in [2.05, 4.69) is 16.9 Å². The molecule has 0 saturated heterocycles.